The highest BCUT2D eigenvalue weighted by Crippen LogP contribution is 2.15. The molecule has 0 bridgehead atoms. The summed E-state index contributed by atoms with van der Waals surface area (Å²) in [4.78, 5) is 32.0. The first-order valence-corrected chi connectivity index (χ1v) is 9.30. The molecule has 2 amide bonds. The van der Waals surface area contributed by atoms with Gasteiger partial charge in [-0.05, 0) is 56.7 Å². The smallest absolute Gasteiger partial charge is 0.322 e. The summed E-state index contributed by atoms with van der Waals surface area (Å²) in [5.41, 5.74) is 3.05. The van der Waals surface area contributed by atoms with Crippen LogP contribution in [0.4, 0.5) is 10.5 Å². The number of pyridine rings is 1. The number of urea groups is 1. The summed E-state index contributed by atoms with van der Waals surface area (Å²) >= 11 is 0. The van der Waals surface area contributed by atoms with Crippen LogP contribution in [0.25, 0.3) is 10.9 Å². The summed E-state index contributed by atoms with van der Waals surface area (Å²) in [6.45, 7) is 3.47. The lowest BCUT2D eigenvalue weighted by molar-refractivity contribution is 0.202. The molecular weight excluding hydrogens is 352 g/mol. The molecule has 0 saturated carbocycles. The molecule has 0 aliphatic heterocycles. The number of fused-ring (bicyclic) bond motifs is 1. The number of benzene rings is 2. The Balaban J connectivity index is 1.86. The van der Waals surface area contributed by atoms with Gasteiger partial charge in [-0.2, -0.15) is 0 Å². The van der Waals surface area contributed by atoms with E-state index in [9.17, 15) is 9.59 Å². The molecule has 3 rings (SSSR count). The summed E-state index contributed by atoms with van der Waals surface area (Å²) in [7, 11) is 3.91. The topological polar surface area (TPSA) is 68.4 Å². The van der Waals surface area contributed by atoms with Crippen molar-refractivity contribution in [1.82, 2.24) is 14.8 Å². The lowest BCUT2D eigenvalue weighted by atomic mass is 10.1. The van der Waals surface area contributed by atoms with Crippen LogP contribution in [0.5, 0.6) is 0 Å². The van der Waals surface area contributed by atoms with Crippen LogP contribution in [0.15, 0.2) is 59.4 Å². The quantitative estimate of drug-likeness (QED) is 0.690. The average Bonchev–Trinajstić information content (AvgIpc) is 2.66. The van der Waals surface area contributed by atoms with E-state index in [-0.39, 0.29) is 18.1 Å². The Labute approximate surface area is 164 Å². The summed E-state index contributed by atoms with van der Waals surface area (Å²) in [6.07, 6.45) is 0. The van der Waals surface area contributed by atoms with E-state index in [1.165, 1.54) is 0 Å². The Morgan fingerprint density at radius 1 is 1.04 bits per heavy atom. The van der Waals surface area contributed by atoms with E-state index < -0.39 is 0 Å². The molecule has 2 aromatic carbocycles. The molecule has 0 spiro atoms. The number of carbonyl (C=O) groups excluding carboxylic acids is 1. The third-order valence-electron chi connectivity index (χ3n) is 4.57. The van der Waals surface area contributed by atoms with Crippen LogP contribution < -0.4 is 10.9 Å². The number of amides is 2. The zero-order chi connectivity index (χ0) is 20.1. The van der Waals surface area contributed by atoms with Crippen molar-refractivity contribution in [1.29, 1.82) is 0 Å². The Morgan fingerprint density at radius 3 is 2.50 bits per heavy atom. The molecule has 6 heteroatoms. The molecule has 28 heavy (non-hydrogen) atoms. The third kappa shape index (κ3) is 4.98. The van der Waals surface area contributed by atoms with Crippen molar-refractivity contribution in [2.75, 3.05) is 32.5 Å². The molecule has 146 valence electrons. The van der Waals surface area contributed by atoms with E-state index in [4.69, 9.17) is 0 Å². The van der Waals surface area contributed by atoms with Crippen LogP contribution in [0.2, 0.25) is 0 Å². The van der Waals surface area contributed by atoms with Gasteiger partial charge in [0, 0.05) is 29.9 Å². The first-order chi connectivity index (χ1) is 13.4. The van der Waals surface area contributed by atoms with Gasteiger partial charge in [-0.25, -0.2) is 4.79 Å². The lowest BCUT2D eigenvalue weighted by Gasteiger charge is -2.24. The first-order valence-electron chi connectivity index (χ1n) is 9.30. The lowest BCUT2D eigenvalue weighted by Crippen LogP contribution is -2.40. The second-order valence-corrected chi connectivity index (χ2v) is 7.24. The number of nitrogens with zero attached hydrogens (tertiary/aromatic N) is 2. The van der Waals surface area contributed by atoms with Gasteiger partial charge >= 0.3 is 6.03 Å². The first kappa shape index (κ1) is 19.6. The molecule has 0 radical (unpaired) electrons. The number of H-pyrrole nitrogens is 1. The van der Waals surface area contributed by atoms with Crippen molar-refractivity contribution in [3.8, 4) is 0 Å². The third-order valence-corrected chi connectivity index (χ3v) is 4.57. The zero-order valence-electron chi connectivity index (χ0n) is 16.5. The van der Waals surface area contributed by atoms with Crippen molar-refractivity contribution in [2.24, 2.45) is 0 Å². The highest BCUT2D eigenvalue weighted by molar-refractivity contribution is 5.89. The Hall–Kier alpha value is -3.12. The van der Waals surface area contributed by atoms with Gasteiger partial charge in [0.05, 0.1) is 6.54 Å². The largest absolute Gasteiger partial charge is 0.322 e. The van der Waals surface area contributed by atoms with Gasteiger partial charge in [-0.15, -0.1) is 0 Å². The number of hydrogen-bond donors (Lipinski definition) is 2. The van der Waals surface area contributed by atoms with Crippen LogP contribution >= 0.6 is 0 Å². The highest BCUT2D eigenvalue weighted by Gasteiger charge is 2.16. The zero-order valence-corrected chi connectivity index (χ0v) is 16.5. The maximum Gasteiger partial charge on any atom is 0.322 e. The SMILES string of the molecule is Cc1ccc2[nH]c(=O)c(CN(CCN(C)C)C(=O)Nc3ccccc3)cc2c1. The molecule has 1 heterocycles. The van der Waals surface area contributed by atoms with Crippen molar-refractivity contribution in [3.63, 3.8) is 0 Å². The Morgan fingerprint density at radius 2 is 1.79 bits per heavy atom. The molecule has 3 aromatic rings. The van der Waals surface area contributed by atoms with E-state index in [0.29, 0.717) is 18.7 Å². The summed E-state index contributed by atoms with van der Waals surface area (Å²) in [5, 5.41) is 3.87. The molecule has 1 aromatic heterocycles. The second-order valence-electron chi connectivity index (χ2n) is 7.24. The maximum absolute atomic E-state index is 12.8. The van der Waals surface area contributed by atoms with Crippen LogP contribution in [-0.4, -0.2) is 48.0 Å². The summed E-state index contributed by atoms with van der Waals surface area (Å²) < 4.78 is 0. The number of anilines is 1. The molecule has 0 unspecified atom stereocenters. The second kappa shape index (κ2) is 8.71. The molecular formula is C22H26N4O2. The minimum absolute atomic E-state index is 0.168. The number of nitrogens with one attached hydrogen (secondary N) is 2. The minimum atomic E-state index is -0.225. The molecule has 0 atom stereocenters. The van der Waals surface area contributed by atoms with Crippen LogP contribution in [0, 0.1) is 6.92 Å². The van der Waals surface area contributed by atoms with Crippen molar-refractivity contribution in [3.05, 3.63) is 76.1 Å². The maximum atomic E-state index is 12.8. The number of likely N-dealkylation sites (N-methyl/N-ethyl adjacent to an activating group) is 1. The van der Waals surface area contributed by atoms with E-state index >= 15 is 0 Å². The van der Waals surface area contributed by atoms with Crippen molar-refractivity contribution >= 4 is 22.6 Å². The van der Waals surface area contributed by atoms with E-state index in [0.717, 1.165) is 22.2 Å². The summed E-state index contributed by atoms with van der Waals surface area (Å²) in [5.74, 6) is 0. The number of para-hydroxylation sites is 1. The number of aromatic amines is 1. The summed E-state index contributed by atoms with van der Waals surface area (Å²) in [6, 6.07) is 16.9. The van der Waals surface area contributed by atoms with Gasteiger partial charge < -0.3 is 20.1 Å². The standard InChI is InChI=1S/C22H26N4O2/c1-16-9-10-20-17(13-16)14-18(21(27)24-20)15-26(12-11-25(2)3)22(28)23-19-7-5-4-6-8-19/h4-10,13-14H,11-12,15H2,1-3H3,(H,23,28)(H,24,27). The van der Waals surface area contributed by atoms with Gasteiger partial charge in [0.2, 0.25) is 0 Å². The van der Waals surface area contributed by atoms with Gasteiger partial charge in [-0.3, -0.25) is 4.79 Å². The normalized spacial score (nSPS) is 11.0. The molecule has 6 nitrogen and oxygen atoms in total. The fourth-order valence-corrected chi connectivity index (χ4v) is 2.99. The van der Waals surface area contributed by atoms with Crippen molar-refractivity contribution < 1.29 is 4.79 Å². The molecule has 0 aliphatic carbocycles. The minimum Gasteiger partial charge on any atom is -0.322 e. The van der Waals surface area contributed by atoms with Crippen molar-refractivity contribution in [2.45, 2.75) is 13.5 Å². The fourth-order valence-electron chi connectivity index (χ4n) is 2.99. The molecule has 0 aliphatic rings. The van der Waals surface area contributed by atoms with Gasteiger partial charge in [0.25, 0.3) is 5.56 Å². The van der Waals surface area contributed by atoms with Crippen LogP contribution in [0.3, 0.4) is 0 Å². The van der Waals surface area contributed by atoms with E-state index in [2.05, 4.69) is 10.3 Å². The monoisotopic (exact) mass is 378 g/mol. The Kier molecular flexibility index (Phi) is 6.11. The van der Waals surface area contributed by atoms with Crippen LogP contribution in [0.1, 0.15) is 11.1 Å². The highest BCUT2D eigenvalue weighted by atomic mass is 16.2. The van der Waals surface area contributed by atoms with Gasteiger partial charge in [0.1, 0.15) is 0 Å². The Bertz CT molecular complexity index is 1010. The van der Waals surface area contributed by atoms with Gasteiger partial charge in [-0.1, -0.05) is 29.8 Å². The molecule has 0 saturated heterocycles. The van der Waals surface area contributed by atoms with E-state index in [1.54, 1.807) is 4.90 Å². The number of aryl methyl sites for hydroxylation is 1. The average molecular weight is 378 g/mol. The predicted octanol–water partition coefficient (Wildman–Crippen LogP) is 3.43. The number of hydrogen-bond acceptors (Lipinski definition) is 3. The van der Waals surface area contributed by atoms with Gasteiger partial charge in [0.15, 0.2) is 0 Å². The van der Waals surface area contributed by atoms with E-state index in [1.807, 2.05) is 80.5 Å². The molecule has 0 fully saturated rings. The predicted molar refractivity (Wildman–Crippen MR) is 114 cm³/mol. The number of carbonyl (C=O) groups is 1. The molecule has 2 N–H and O–H groups in total. The fraction of sp³-hybridized carbons (Fsp3) is 0.273. The van der Waals surface area contributed by atoms with Crippen LogP contribution in [-0.2, 0) is 6.54 Å². The number of rotatable bonds is 6. The number of aromatic nitrogens is 1.